The van der Waals surface area contributed by atoms with E-state index in [2.05, 4.69) is 10.6 Å². The Morgan fingerprint density at radius 1 is 1.41 bits per heavy atom. The van der Waals surface area contributed by atoms with Gasteiger partial charge < -0.3 is 10.6 Å². The van der Waals surface area contributed by atoms with E-state index in [1.54, 1.807) is 25.2 Å². The molecule has 1 aliphatic rings. The van der Waals surface area contributed by atoms with Crippen LogP contribution in [0, 0.1) is 5.82 Å². The van der Waals surface area contributed by atoms with Crippen LogP contribution in [0.3, 0.4) is 0 Å². The van der Waals surface area contributed by atoms with Crippen molar-refractivity contribution in [2.75, 3.05) is 20.1 Å². The normalized spacial score (nSPS) is 16.3. The van der Waals surface area contributed by atoms with Crippen LogP contribution in [0.25, 0.3) is 6.08 Å². The lowest BCUT2D eigenvalue weighted by Gasteiger charge is -2.13. The van der Waals surface area contributed by atoms with Crippen LogP contribution in [0.15, 0.2) is 29.2 Å². The zero-order valence-electron chi connectivity index (χ0n) is 11.8. The van der Waals surface area contributed by atoms with E-state index >= 15 is 0 Å². The zero-order valence-corrected chi connectivity index (χ0v) is 13.4. The molecule has 22 heavy (non-hydrogen) atoms. The van der Waals surface area contributed by atoms with Crippen LogP contribution in [0.4, 0.5) is 9.18 Å². The second-order valence-corrected chi connectivity index (χ2v) is 5.76. The topological polar surface area (TPSA) is 61.4 Å². The number of thioether (sulfide) groups is 1. The summed E-state index contributed by atoms with van der Waals surface area (Å²) in [6.07, 6.45) is 1.39. The lowest BCUT2D eigenvalue weighted by atomic mass is 10.2. The molecule has 0 bridgehead atoms. The standard InChI is InChI=1S/C14H14FN3O2S2/c1-16-13(21)17-6-7-18-12(19)11(22-14(18)20)8-9-4-2-3-5-10(9)15/h2-5,8H,6-7H2,1H3,(H2,16,17,21)/b11-8-. The van der Waals surface area contributed by atoms with Gasteiger partial charge in [0.1, 0.15) is 5.82 Å². The van der Waals surface area contributed by atoms with Crippen LogP contribution in [-0.2, 0) is 4.79 Å². The summed E-state index contributed by atoms with van der Waals surface area (Å²) in [6.45, 7) is 0.547. The molecule has 0 saturated carbocycles. The van der Waals surface area contributed by atoms with Gasteiger partial charge in [0.15, 0.2) is 5.11 Å². The molecule has 0 radical (unpaired) electrons. The average molecular weight is 339 g/mol. The fraction of sp³-hybridized carbons (Fsp3) is 0.214. The minimum Gasteiger partial charge on any atom is -0.366 e. The molecule has 0 unspecified atom stereocenters. The summed E-state index contributed by atoms with van der Waals surface area (Å²) in [5.74, 6) is -0.856. The van der Waals surface area contributed by atoms with Gasteiger partial charge in [0.05, 0.1) is 4.91 Å². The van der Waals surface area contributed by atoms with E-state index in [0.717, 1.165) is 16.7 Å². The second kappa shape index (κ2) is 7.37. The molecule has 2 N–H and O–H groups in total. The van der Waals surface area contributed by atoms with Gasteiger partial charge in [-0.1, -0.05) is 18.2 Å². The van der Waals surface area contributed by atoms with E-state index < -0.39 is 11.7 Å². The molecule has 2 amide bonds. The van der Waals surface area contributed by atoms with Crippen LogP contribution in [0.5, 0.6) is 0 Å². The van der Waals surface area contributed by atoms with Crippen LogP contribution in [0.2, 0.25) is 0 Å². The molecule has 1 aliphatic heterocycles. The van der Waals surface area contributed by atoms with E-state index in [1.165, 1.54) is 12.1 Å². The first-order valence-corrected chi connectivity index (χ1v) is 7.71. The third kappa shape index (κ3) is 3.83. The van der Waals surface area contributed by atoms with Crippen molar-refractivity contribution in [3.8, 4) is 0 Å². The van der Waals surface area contributed by atoms with E-state index in [9.17, 15) is 14.0 Å². The number of nitrogens with one attached hydrogen (secondary N) is 2. The summed E-state index contributed by atoms with van der Waals surface area (Å²) in [5, 5.41) is 5.66. The van der Waals surface area contributed by atoms with Gasteiger partial charge in [-0.15, -0.1) is 0 Å². The highest BCUT2D eigenvalue weighted by Gasteiger charge is 2.34. The first-order valence-electron chi connectivity index (χ1n) is 6.48. The number of thiocarbonyl (C=S) groups is 1. The van der Waals surface area contributed by atoms with Crippen molar-refractivity contribution in [3.05, 3.63) is 40.6 Å². The molecule has 1 aromatic rings. The monoisotopic (exact) mass is 339 g/mol. The van der Waals surface area contributed by atoms with Gasteiger partial charge in [0.2, 0.25) is 0 Å². The number of amides is 2. The van der Waals surface area contributed by atoms with Crippen LogP contribution in [-0.4, -0.2) is 41.3 Å². The number of carbonyl (C=O) groups excluding carboxylic acids is 2. The van der Waals surface area contributed by atoms with Crippen molar-refractivity contribution in [2.24, 2.45) is 0 Å². The van der Waals surface area contributed by atoms with Crippen LogP contribution >= 0.6 is 24.0 Å². The number of halogens is 1. The van der Waals surface area contributed by atoms with Gasteiger partial charge in [0, 0.05) is 25.7 Å². The molecule has 1 heterocycles. The Morgan fingerprint density at radius 3 is 2.82 bits per heavy atom. The molecule has 5 nitrogen and oxygen atoms in total. The van der Waals surface area contributed by atoms with Crippen molar-refractivity contribution in [1.82, 2.24) is 15.5 Å². The summed E-state index contributed by atoms with van der Waals surface area (Å²) < 4.78 is 13.6. The van der Waals surface area contributed by atoms with Crippen molar-refractivity contribution < 1.29 is 14.0 Å². The molecule has 0 aromatic heterocycles. The molecular weight excluding hydrogens is 325 g/mol. The van der Waals surface area contributed by atoms with Crippen molar-refractivity contribution in [3.63, 3.8) is 0 Å². The Morgan fingerprint density at radius 2 is 2.14 bits per heavy atom. The first-order chi connectivity index (χ1) is 10.5. The predicted molar refractivity (Wildman–Crippen MR) is 88.7 cm³/mol. The van der Waals surface area contributed by atoms with Crippen molar-refractivity contribution in [2.45, 2.75) is 0 Å². The maximum atomic E-state index is 13.6. The fourth-order valence-electron chi connectivity index (χ4n) is 1.80. The molecular formula is C14H14FN3O2S2. The smallest absolute Gasteiger partial charge is 0.293 e. The molecule has 0 atom stereocenters. The lowest BCUT2D eigenvalue weighted by Crippen LogP contribution is -2.40. The molecule has 2 rings (SSSR count). The fourth-order valence-corrected chi connectivity index (χ4v) is 2.75. The molecule has 8 heteroatoms. The highest BCUT2D eigenvalue weighted by molar-refractivity contribution is 8.18. The Labute approximate surface area is 136 Å². The molecule has 0 spiro atoms. The number of hydrogen-bond acceptors (Lipinski definition) is 4. The zero-order chi connectivity index (χ0) is 16.1. The van der Waals surface area contributed by atoms with Crippen LogP contribution in [0.1, 0.15) is 5.56 Å². The van der Waals surface area contributed by atoms with Crippen LogP contribution < -0.4 is 10.6 Å². The van der Waals surface area contributed by atoms with Crippen molar-refractivity contribution >= 4 is 46.3 Å². The molecule has 1 saturated heterocycles. The first kappa shape index (κ1) is 16.4. The highest BCUT2D eigenvalue weighted by Crippen LogP contribution is 2.32. The molecule has 1 fully saturated rings. The third-order valence-corrected chi connectivity index (χ3v) is 4.17. The largest absolute Gasteiger partial charge is 0.366 e. The number of carbonyl (C=O) groups is 2. The lowest BCUT2D eigenvalue weighted by molar-refractivity contribution is -0.122. The quantitative estimate of drug-likeness (QED) is 0.646. The van der Waals surface area contributed by atoms with E-state index in [-0.39, 0.29) is 22.3 Å². The van der Waals surface area contributed by atoms with E-state index in [1.807, 2.05) is 0 Å². The summed E-state index contributed by atoms with van der Waals surface area (Å²) in [7, 11) is 1.67. The molecule has 1 aromatic carbocycles. The maximum Gasteiger partial charge on any atom is 0.293 e. The Balaban J connectivity index is 2.05. The number of benzene rings is 1. The predicted octanol–water partition coefficient (Wildman–Crippen LogP) is 1.96. The van der Waals surface area contributed by atoms with Gasteiger partial charge in [-0.2, -0.15) is 0 Å². The minimum absolute atomic E-state index is 0.196. The van der Waals surface area contributed by atoms with Gasteiger partial charge in [-0.3, -0.25) is 14.5 Å². The Kier molecular flexibility index (Phi) is 5.51. The van der Waals surface area contributed by atoms with Gasteiger partial charge >= 0.3 is 0 Å². The SMILES string of the molecule is CNC(=S)NCCN1C(=O)S/C(=C\c2ccccc2F)C1=O. The summed E-state index contributed by atoms with van der Waals surface area (Å²) >= 11 is 5.72. The minimum atomic E-state index is -0.435. The van der Waals surface area contributed by atoms with Crippen molar-refractivity contribution in [1.29, 1.82) is 0 Å². The second-order valence-electron chi connectivity index (χ2n) is 4.36. The molecule has 0 aliphatic carbocycles. The van der Waals surface area contributed by atoms with E-state index in [0.29, 0.717) is 11.7 Å². The summed E-state index contributed by atoms with van der Waals surface area (Å²) in [4.78, 5) is 25.4. The highest BCUT2D eigenvalue weighted by atomic mass is 32.2. The third-order valence-electron chi connectivity index (χ3n) is 2.91. The number of rotatable bonds is 4. The number of nitrogens with zero attached hydrogens (tertiary/aromatic N) is 1. The summed E-state index contributed by atoms with van der Waals surface area (Å²) in [6, 6.07) is 6.09. The van der Waals surface area contributed by atoms with E-state index in [4.69, 9.17) is 12.2 Å². The average Bonchev–Trinajstić information content (AvgIpc) is 2.76. The molecule has 116 valence electrons. The summed E-state index contributed by atoms with van der Waals surface area (Å²) in [5.41, 5.74) is 0.280. The number of hydrogen-bond donors (Lipinski definition) is 2. The van der Waals surface area contributed by atoms with Gasteiger partial charge in [-0.05, 0) is 36.1 Å². The Bertz CT molecular complexity index is 649. The van der Waals surface area contributed by atoms with Gasteiger partial charge in [0.25, 0.3) is 11.1 Å². The maximum absolute atomic E-state index is 13.6. The Hall–Kier alpha value is -1.93. The van der Waals surface area contributed by atoms with Gasteiger partial charge in [-0.25, -0.2) is 4.39 Å². The number of imide groups is 1.